The van der Waals surface area contributed by atoms with E-state index in [1.165, 1.54) is 0 Å². The summed E-state index contributed by atoms with van der Waals surface area (Å²) in [4.78, 5) is 0. The topological polar surface area (TPSA) is 52.0 Å². The lowest BCUT2D eigenvalue weighted by Crippen LogP contribution is -2.16. The monoisotopic (exact) mass is 238 g/mol. The molecule has 0 saturated carbocycles. The second-order valence-electron chi connectivity index (χ2n) is 3.56. The maximum atomic E-state index is 11.8. The summed E-state index contributed by atoms with van der Waals surface area (Å²) in [5, 5.41) is 5.10. The number of hydrogen-bond donors (Lipinski definition) is 0. The van der Waals surface area contributed by atoms with Gasteiger partial charge in [-0.3, -0.25) is 0 Å². The van der Waals surface area contributed by atoms with Crippen molar-refractivity contribution in [2.75, 3.05) is 5.75 Å². The summed E-state index contributed by atoms with van der Waals surface area (Å²) in [6, 6.07) is 7.41. The molecule has 0 amide bonds. The molecule has 1 aromatic heterocycles. The van der Waals surface area contributed by atoms with Gasteiger partial charge >= 0.3 is 0 Å². The molecule has 0 aliphatic heterocycles. The van der Waals surface area contributed by atoms with Gasteiger partial charge in [0.2, 0.25) is 0 Å². The SMILES string of the molecule is CCc1nn(S(=O)(=O)CC)c2ccccc12. The van der Waals surface area contributed by atoms with Crippen molar-refractivity contribution in [2.24, 2.45) is 0 Å². The Morgan fingerprint density at radius 3 is 2.56 bits per heavy atom. The van der Waals surface area contributed by atoms with Crippen molar-refractivity contribution in [3.63, 3.8) is 0 Å². The summed E-state index contributed by atoms with van der Waals surface area (Å²) in [6.45, 7) is 3.59. The van der Waals surface area contributed by atoms with Gasteiger partial charge in [0.1, 0.15) is 0 Å². The Labute approximate surface area is 94.9 Å². The minimum atomic E-state index is -3.31. The zero-order valence-corrected chi connectivity index (χ0v) is 10.2. The van der Waals surface area contributed by atoms with Crippen molar-refractivity contribution in [1.29, 1.82) is 0 Å². The Morgan fingerprint density at radius 1 is 1.25 bits per heavy atom. The minimum absolute atomic E-state index is 0.0574. The van der Waals surface area contributed by atoms with E-state index in [2.05, 4.69) is 5.10 Å². The molecule has 16 heavy (non-hydrogen) atoms. The van der Waals surface area contributed by atoms with Crippen LogP contribution >= 0.6 is 0 Å². The Bertz CT molecular complexity index is 614. The van der Waals surface area contributed by atoms with E-state index in [0.29, 0.717) is 5.52 Å². The third kappa shape index (κ3) is 1.61. The zero-order valence-electron chi connectivity index (χ0n) is 9.34. The normalized spacial score (nSPS) is 12.1. The highest BCUT2D eigenvalue weighted by Gasteiger charge is 2.17. The zero-order chi connectivity index (χ0) is 11.8. The Morgan fingerprint density at radius 2 is 1.94 bits per heavy atom. The number of para-hydroxylation sites is 1. The third-order valence-corrected chi connectivity index (χ3v) is 4.13. The second kappa shape index (κ2) is 3.90. The number of benzene rings is 1. The van der Waals surface area contributed by atoms with E-state index in [9.17, 15) is 8.42 Å². The number of rotatable bonds is 3. The molecule has 0 radical (unpaired) electrons. The van der Waals surface area contributed by atoms with Crippen LogP contribution in [-0.4, -0.2) is 23.4 Å². The van der Waals surface area contributed by atoms with Crippen molar-refractivity contribution in [2.45, 2.75) is 20.3 Å². The van der Waals surface area contributed by atoms with Crippen LogP contribution in [0.2, 0.25) is 0 Å². The van der Waals surface area contributed by atoms with Crippen LogP contribution < -0.4 is 0 Å². The lowest BCUT2D eigenvalue weighted by Gasteiger charge is -2.01. The molecule has 0 fully saturated rings. The highest BCUT2D eigenvalue weighted by molar-refractivity contribution is 7.89. The average Bonchev–Trinajstić information content (AvgIpc) is 2.68. The first-order chi connectivity index (χ1) is 7.60. The Hall–Kier alpha value is -1.36. The van der Waals surface area contributed by atoms with Gasteiger partial charge in [0.15, 0.2) is 0 Å². The fourth-order valence-corrected chi connectivity index (χ4v) is 2.62. The van der Waals surface area contributed by atoms with Crippen molar-refractivity contribution in [1.82, 2.24) is 9.19 Å². The molecule has 2 aromatic rings. The van der Waals surface area contributed by atoms with E-state index < -0.39 is 10.0 Å². The van der Waals surface area contributed by atoms with Gasteiger partial charge in [0.05, 0.1) is 17.0 Å². The van der Waals surface area contributed by atoms with Crippen LogP contribution in [0.1, 0.15) is 19.5 Å². The molecule has 0 aliphatic carbocycles. The summed E-state index contributed by atoms with van der Waals surface area (Å²) in [5.74, 6) is 0.0574. The first kappa shape index (κ1) is 11.1. The Balaban J connectivity index is 2.82. The smallest absolute Gasteiger partial charge is 0.205 e. The maximum Gasteiger partial charge on any atom is 0.254 e. The van der Waals surface area contributed by atoms with E-state index in [1.807, 2.05) is 25.1 Å². The van der Waals surface area contributed by atoms with Gasteiger partial charge in [-0.15, -0.1) is 0 Å². The number of nitrogens with zero attached hydrogens (tertiary/aromatic N) is 2. The molecular formula is C11H14N2O2S. The maximum absolute atomic E-state index is 11.8. The largest absolute Gasteiger partial charge is 0.254 e. The molecule has 1 heterocycles. The molecule has 1 aromatic carbocycles. The quantitative estimate of drug-likeness (QED) is 0.819. The van der Waals surface area contributed by atoms with Gasteiger partial charge in [-0.1, -0.05) is 25.1 Å². The van der Waals surface area contributed by atoms with E-state index in [1.54, 1.807) is 13.0 Å². The number of aromatic nitrogens is 2. The standard InChI is InChI=1S/C11H14N2O2S/c1-3-10-9-7-5-6-8-11(9)13(12-10)16(14,15)4-2/h5-8H,3-4H2,1-2H3. The Kier molecular flexibility index (Phi) is 2.71. The van der Waals surface area contributed by atoms with Crippen molar-refractivity contribution in [3.8, 4) is 0 Å². The fourth-order valence-electron chi connectivity index (χ4n) is 1.70. The number of fused-ring (bicyclic) bond motifs is 1. The summed E-state index contributed by atoms with van der Waals surface area (Å²) in [7, 11) is -3.31. The summed E-state index contributed by atoms with van der Waals surface area (Å²) in [5.41, 5.74) is 1.49. The molecule has 0 spiro atoms. The molecule has 5 heteroatoms. The second-order valence-corrected chi connectivity index (χ2v) is 5.65. The third-order valence-electron chi connectivity index (χ3n) is 2.60. The van der Waals surface area contributed by atoms with Gasteiger partial charge in [0, 0.05) is 5.39 Å². The van der Waals surface area contributed by atoms with Crippen LogP contribution in [0.15, 0.2) is 24.3 Å². The predicted molar refractivity (Wildman–Crippen MR) is 64.0 cm³/mol. The molecule has 0 saturated heterocycles. The van der Waals surface area contributed by atoms with Crippen LogP contribution in [0.4, 0.5) is 0 Å². The van der Waals surface area contributed by atoms with Gasteiger partial charge < -0.3 is 0 Å². The molecule has 2 rings (SSSR count). The lowest BCUT2D eigenvalue weighted by atomic mass is 10.2. The molecule has 4 nitrogen and oxygen atoms in total. The molecule has 86 valence electrons. The highest BCUT2D eigenvalue weighted by Crippen LogP contribution is 2.20. The van der Waals surface area contributed by atoms with Crippen LogP contribution in [0, 0.1) is 0 Å². The van der Waals surface area contributed by atoms with Crippen LogP contribution in [-0.2, 0) is 16.4 Å². The molecule has 0 aliphatic rings. The number of hydrogen-bond acceptors (Lipinski definition) is 3. The van der Waals surface area contributed by atoms with Gasteiger partial charge in [-0.25, -0.2) is 8.42 Å². The van der Waals surface area contributed by atoms with Crippen LogP contribution in [0.25, 0.3) is 10.9 Å². The molecule has 0 unspecified atom stereocenters. The number of aryl methyl sites for hydroxylation is 1. The van der Waals surface area contributed by atoms with Gasteiger partial charge in [-0.2, -0.15) is 9.19 Å². The van der Waals surface area contributed by atoms with E-state index in [4.69, 9.17) is 0 Å². The first-order valence-electron chi connectivity index (χ1n) is 5.30. The van der Waals surface area contributed by atoms with Crippen LogP contribution in [0.3, 0.4) is 0 Å². The van der Waals surface area contributed by atoms with Crippen LogP contribution in [0.5, 0.6) is 0 Å². The predicted octanol–water partition coefficient (Wildman–Crippen LogP) is 1.80. The van der Waals surface area contributed by atoms with Gasteiger partial charge in [-0.05, 0) is 19.4 Å². The summed E-state index contributed by atoms with van der Waals surface area (Å²) < 4.78 is 24.8. The molecular weight excluding hydrogens is 224 g/mol. The van der Waals surface area contributed by atoms with Crippen molar-refractivity contribution < 1.29 is 8.42 Å². The van der Waals surface area contributed by atoms with Crippen molar-refractivity contribution >= 4 is 20.9 Å². The molecule has 0 bridgehead atoms. The van der Waals surface area contributed by atoms with E-state index in [0.717, 1.165) is 21.6 Å². The summed E-state index contributed by atoms with van der Waals surface area (Å²) >= 11 is 0. The van der Waals surface area contributed by atoms with E-state index in [-0.39, 0.29) is 5.75 Å². The molecule has 0 atom stereocenters. The summed E-state index contributed by atoms with van der Waals surface area (Å²) in [6.07, 6.45) is 0.729. The highest BCUT2D eigenvalue weighted by atomic mass is 32.2. The first-order valence-corrected chi connectivity index (χ1v) is 6.91. The van der Waals surface area contributed by atoms with Crippen molar-refractivity contribution in [3.05, 3.63) is 30.0 Å². The van der Waals surface area contributed by atoms with E-state index >= 15 is 0 Å². The average molecular weight is 238 g/mol. The lowest BCUT2D eigenvalue weighted by molar-refractivity contribution is 0.583. The van der Waals surface area contributed by atoms with Gasteiger partial charge in [0.25, 0.3) is 10.0 Å². The fraction of sp³-hybridized carbons (Fsp3) is 0.364. The molecule has 0 N–H and O–H groups in total. The minimum Gasteiger partial charge on any atom is -0.205 e.